The van der Waals surface area contributed by atoms with Gasteiger partial charge in [0.25, 0.3) is 0 Å². The third-order valence-corrected chi connectivity index (χ3v) is 2.32. The largest absolute Gasteiger partial charge is 0.368 e. The van der Waals surface area contributed by atoms with Crippen LogP contribution in [0.3, 0.4) is 0 Å². The van der Waals surface area contributed by atoms with Crippen molar-refractivity contribution < 1.29 is 4.79 Å². The Morgan fingerprint density at radius 1 is 1.57 bits per heavy atom. The summed E-state index contributed by atoms with van der Waals surface area (Å²) in [5, 5.41) is 2.79. The Hall–Kier alpha value is -1.30. The summed E-state index contributed by atoms with van der Waals surface area (Å²) in [6.45, 7) is 1.66. The molecule has 1 amide bonds. The molecule has 0 aromatic carbocycles. The van der Waals surface area contributed by atoms with Crippen LogP contribution in [-0.2, 0) is 4.79 Å². The average molecular weight is 212 g/mol. The fourth-order valence-electron chi connectivity index (χ4n) is 0.761. The first-order valence-corrected chi connectivity index (χ1v) is 5.28. The van der Waals surface area contributed by atoms with Crippen molar-refractivity contribution in [3.8, 4) is 0 Å². The van der Waals surface area contributed by atoms with Gasteiger partial charge in [-0.3, -0.25) is 4.79 Å². The quantitative estimate of drug-likeness (QED) is 0.710. The van der Waals surface area contributed by atoms with Crippen LogP contribution in [0.2, 0.25) is 0 Å². The zero-order valence-electron chi connectivity index (χ0n) is 8.02. The van der Waals surface area contributed by atoms with E-state index in [1.807, 2.05) is 6.26 Å². The van der Waals surface area contributed by atoms with Gasteiger partial charge in [-0.2, -0.15) is 0 Å². The SMILES string of the molecule is CSc1cnc(NC(C)C(N)=O)nc1. The van der Waals surface area contributed by atoms with E-state index in [0.29, 0.717) is 5.95 Å². The molecule has 0 saturated heterocycles. The molecule has 1 rings (SSSR count). The fraction of sp³-hybridized carbons (Fsp3) is 0.375. The molecular formula is C8H12N4OS. The van der Waals surface area contributed by atoms with Crippen molar-refractivity contribution in [2.45, 2.75) is 17.9 Å². The van der Waals surface area contributed by atoms with Gasteiger partial charge in [-0.15, -0.1) is 11.8 Å². The van der Waals surface area contributed by atoms with Crippen LogP contribution in [0, 0.1) is 0 Å². The standard InChI is InChI=1S/C8H12N4OS/c1-5(7(9)13)12-8-10-3-6(14-2)4-11-8/h3-5H,1-2H3,(H2,9,13)(H,10,11,12). The minimum absolute atomic E-state index is 0.411. The van der Waals surface area contributed by atoms with Crippen molar-refractivity contribution in [2.24, 2.45) is 5.73 Å². The molecule has 3 N–H and O–H groups in total. The lowest BCUT2D eigenvalue weighted by Gasteiger charge is -2.09. The Morgan fingerprint density at radius 2 is 2.14 bits per heavy atom. The molecule has 1 unspecified atom stereocenters. The zero-order valence-corrected chi connectivity index (χ0v) is 8.84. The molecule has 5 nitrogen and oxygen atoms in total. The van der Waals surface area contributed by atoms with Crippen LogP contribution in [0.15, 0.2) is 17.3 Å². The molecule has 1 aromatic heterocycles. The summed E-state index contributed by atoms with van der Waals surface area (Å²) < 4.78 is 0. The Bertz CT molecular complexity index is 314. The number of nitrogens with one attached hydrogen (secondary N) is 1. The van der Waals surface area contributed by atoms with Crippen molar-refractivity contribution >= 4 is 23.6 Å². The number of primary amides is 1. The third-order valence-electron chi connectivity index (χ3n) is 1.64. The van der Waals surface area contributed by atoms with Gasteiger partial charge < -0.3 is 11.1 Å². The van der Waals surface area contributed by atoms with Gasteiger partial charge in [-0.1, -0.05) is 0 Å². The van der Waals surface area contributed by atoms with E-state index in [1.54, 1.807) is 31.1 Å². The van der Waals surface area contributed by atoms with Crippen molar-refractivity contribution in [1.29, 1.82) is 0 Å². The predicted octanol–water partition coefficient (Wildman–Crippen LogP) is 0.484. The van der Waals surface area contributed by atoms with Gasteiger partial charge in [-0.05, 0) is 13.2 Å². The lowest BCUT2D eigenvalue weighted by atomic mass is 10.3. The summed E-state index contributed by atoms with van der Waals surface area (Å²) in [4.78, 5) is 19.7. The lowest BCUT2D eigenvalue weighted by Crippen LogP contribution is -2.33. The van der Waals surface area contributed by atoms with Crippen molar-refractivity contribution in [1.82, 2.24) is 9.97 Å². The van der Waals surface area contributed by atoms with Gasteiger partial charge in [0, 0.05) is 17.3 Å². The van der Waals surface area contributed by atoms with Crippen molar-refractivity contribution in [3.63, 3.8) is 0 Å². The molecule has 1 aromatic rings. The summed E-state index contributed by atoms with van der Waals surface area (Å²) in [6, 6.07) is -0.463. The topological polar surface area (TPSA) is 80.9 Å². The predicted molar refractivity (Wildman–Crippen MR) is 56.1 cm³/mol. The molecule has 0 aliphatic rings. The second-order valence-corrected chi connectivity index (χ2v) is 3.59. The van der Waals surface area contributed by atoms with Crippen LogP contribution in [0.1, 0.15) is 6.92 Å². The van der Waals surface area contributed by atoms with Crippen molar-refractivity contribution in [2.75, 3.05) is 11.6 Å². The van der Waals surface area contributed by atoms with Crippen LogP contribution in [-0.4, -0.2) is 28.2 Å². The molecule has 0 fully saturated rings. The Labute approximate surface area is 86.5 Å². The maximum absolute atomic E-state index is 10.7. The molecule has 1 atom stereocenters. The maximum atomic E-state index is 10.7. The number of amides is 1. The highest BCUT2D eigenvalue weighted by molar-refractivity contribution is 7.98. The second kappa shape index (κ2) is 4.80. The van der Waals surface area contributed by atoms with Crippen LogP contribution >= 0.6 is 11.8 Å². The first kappa shape index (κ1) is 10.8. The highest BCUT2D eigenvalue weighted by Gasteiger charge is 2.08. The first-order chi connectivity index (χ1) is 6.63. The minimum Gasteiger partial charge on any atom is -0.368 e. The molecule has 0 spiro atoms. The highest BCUT2D eigenvalue weighted by Crippen LogP contribution is 2.12. The van der Waals surface area contributed by atoms with Gasteiger partial charge in [0.2, 0.25) is 11.9 Å². The summed E-state index contributed by atoms with van der Waals surface area (Å²) in [5.41, 5.74) is 5.08. The summed E-state index contributed by atoms with van der Waals surface area (Å²) in [7, 11) is 0. The molecule has 76 valence electrons. The van der Waals surface area contributed by atoms with Crippen LogP contribution in [0.25, 0.3) is 0 Å². The number of carbonyl (C=O) groups excluding carboxylic acids is 1. The van der Waals surface area contributed by atoms with E-state index in [0.717, 1.165) is 4.90 Å². The zero-order chi connectivity index (χ0) is 10.6. The molecule has 0 radical (unpaired) electrons. The number of carbonyl (C=O) groups is 1. The van der Waals surface area contributed by atoms with E-state index < -0.39 is 11.9 Å². The molecule has 0 aliphatic carbocycles. The Kier molecular flexibility index (Phi) is 3.70. The van der Waals surface area contributed by atoms with E-state index in [-0.39, 0.29) is 0 Å². The van der Waals surface area contributed by atoms with Gasteiger partial charge in [0.1, 0.15) is 6.04 Å². The van der Waals surface area contributed by atoms with E-state index in [1.165, 1.54) is 0 Å². The van der Waals surface area contributed by atoms with Gasteiger partial charge in [0.15, 0.2) is 0 Å². The minimum atomic E-state index is -0.463. The summed E-state index contributed by atoms with van der Waals surface area (Å²) >= 11 is 1.56. The number of anilines is 1. The normalized spacial score (nSPS) is 12.1. The molecule has 0 bridgehead atoms. The number of aromatic nitrogens is 2. The number of rotatable bonds is 4. The lowest BCUT2D eigenvalue weighted by molar-refractivity contribution is -0.118. The van der Waals surface area contributed by atoms with Gasteiger partial charge >= 0.3 is 0 Å². The second-order valence-electron chi connectivity index (χ2n) is 2.71. The van der Waals surface area contributed by atoms with Gasteiger partial charge in [0.05, 0.1) is 0 Å². The van der Waals surface area contributed by atoms with Crippen LogP contribution < -0.4 is 11.1 Å². The number of thioether (sulfide) groups is 1. The summed E-state index contributed by atoms with van der Waals surface area (Å²) in [6.07, 6.45) is 5.32. The smallest absolute Gasteiger partial charge is 0.239 e. The average Bonchev–Trinajstić information content (AvgIpc) is 2.19. The molecule has 6 heteroatoms. The molecule has 1 heterocycles. The number of hydrogen-bond acceptors (Lipinski definition) is 5. The Balaban J connectivity index is 2.64. The molecule has 0 aliphatic heterocycles. The van der Waals surface area contributed by atoms with E-state index >= 15 is 0 Å². The van der Waals surface area contributed by atoms with E-state index in [9.17, 15) is 4.79 Å². The van der Waals surface area contributed by atoms with Crippen LogP contribution in [0.5, 0.6) is 0 Å². The first-order valence-electron chi connectivity index (χ1n) is 4.05. The molecule has 0 saturated carbocycles. The fourth-order valence-corrected chi connectivity index (χ4v) is 1.08. The summed E-state index contributed by atoms with van der Waals surface area (Å²) in [5.74, 6) is -0.0170. The Morgan fingerprint density at radius 3 is 2.57 bits per heavy atom. The molecule has 14 heavy (non-hydrogen) atoms. The van der Waals surface area contributed by atoms with E-state index in [4.69, 9.17) is 5.73 Å². The highest BCUT2D eigenvalue weighted by atomic mass is 32.2. The monoisotopic (exact) mass is 212 g/mol. The third kappa shape index (κ3) is 2.88. The maximum Gasteiger partial charge on any atom is 0.239 e. The van der Waals surface area contributed by atoms with Crippen molar-refractivity contribution in [3.05, 3.63) is 12.4 Å². The molecular weight excluding hydrogens is 200 g/mol. The van der Waals surface area contributed by atoms with Crippen LogP contribution in [0.4, 0.5) is 5.95 Å². The number of nitrogens with two attached hydrogens (primary N) is 1. The van der Waals surface area contributed by atoms with Gasteiger partial charge in [-0.25, -0.2) is 9.97 Å². The number of hydrogen-bond donors (Lipinski definition) is 2. The number of nitrogens with zero attached hydrogens (tertiary/aromatic N) is 2. The van der Waals surface area contributed by atoms with E-state index in [2.05, 4.69) is 15.3 Å².